The zero-order valence-corrected chi connectivity index (χ0v) is 13.2. The highest BCUT2D eigenvalue weighted by molar-refractivity contribution is 6.22. The molecule has 0 spiro atoms. The van der Waals surface area contributed by atoms with Gasteiger partial charge in [-0.25, -0.2) is 0 Å². The molecule has 0 heterocycles. The van der Waals surface area contributed by atoms with Crippen molar-refractivity contribution in [3.05, 3.63) is 82.9 Å². The van der Waals surface area contributed by atoms with Gasteiger partial charge in [0.1, 0.15) is 0 Å². The minimum absolute atomic E-state index is 0.00315. The first-order valence-electron chi connectivity index (χ1n) is 7.33. The minimum atomic E-state index is -0.00315. The van der Waals surface area contributed by atoms with E-state index >= 15 is 0 Å². The standard InChI is InChI=1S/C20H19Cl/c1-14-7-3-4-8-16(14)13-20(21)19-12-11-15(2)17-9-5-6-10-18(17)19/h3-12,20H,13H2,1-2H3. The van der Waals surface area contributed by atoms with Crippen LogP contribution in [-0.4, -0.2) is 0 Å². The molecule has 0 aliphatic rings. The van der Waals surface area contributed by atoms with Gasteiger partial charge in [-0.2, -0.15) is 0 Å². The van der Waals surface area contributed by atoms with Gasteiger partial charge in [0.2, 0.25) is 0 Å². The second-order valence-electron chi connectivity index (χ2n) is 5.62. The molecular formula is C20H19Cl. The van der Waals surface area contributed by atoms with E-state index in [2.05, 4.69) is 74.5 Å². The van der Waals surface area contributed by atoms with Gasteiger partial charge in [0.15, 0.2) is 0 Å². The molecule has 0 radical (unpaired) electrons. The second-order valence-corrected chi connectivity index (χ2v) is 6.14. The summed E-state index contributed by atoms with van der Waals surface area (Å²) in [6.45, 7) is 4.29. The van der Waals surface area contributed by atoms with Gasteiger partial charge >= 0.3 is 0 Å². The molecule has 0 bridgehead atoms. The number of rotatable bonds is 3. The molecule has 0 aliphatic carbocycles. The Morgan fingerprint density at radius 3 is 2.19 bits per heavy atom. The van der Waals surface area contributed by atoms with Crippen molar-refractivity contribution < 1.29 is 0 Å². The van der Waals surface area contributed by atoms with E-state index in [9.17, 15) is 0 Å². The molecule has 1 unspecified atom stereocenters. The quantitative estimate of drug-likeness (QED) is 0.521. The summed E-state index contributed by atoms with van der Waals surface area (Å²) in [7, 11) is 0. The largest absolute Gasteiger partial charge is 0.117 e. The van der Waals surface area contributed by atoms with Crippen LogP contribution in [0.5, 0.6) is 0 Å². The van der Waals surface area contributed by atoms with Crippen LogP contribution in [0.4, 0.5) is 0 Å². The average Bonchev–Trinajstić information content (AvgIpc) is 2.50. The summed E-state index contributed by atoms with van der Waals surface area (Å²) in [4.78, 5) is 0. The van der Waals surface area contributed by atoms with Crippen LogP contribution in [0.2, 0.25) is 0 Å². The summed E-state index contributed by atoms with van der Waals surface area (Å²) in [6, 6.07) is 21.3. The van der Waals surface area contributed by atoms with E-state index in [4.69, 9.17) is 11.6 Å². The summed E-state index contributed by atoms with van der Waals surface area (Å²) < 4.78 is 0. The van der Waals surface area contributed by atoms with E-state index < -0.39 is 0 Å². The smallest absolute Gasteiger partial charge is 0.0631 e. The molecule has 0 aliphatic heterocycles. The SMILES string of the molecule is Cc1ccccc1CC(Cl)c1ccc(C)c2ccccc12. The number of fused-ring (bicyclic) bond motifs is 1. The van der Waals surface area contributed by atoms with Crippen LogP contribution in [0, 0.1) is 13.8 Å². The van der Waals surface area contributed by atoms with E-state index in [1.807, 2.05) is 0 Å². The van der Waals surface area contributed by atoms with Gasteiger partial charge in [-0.1, -0.05) is 60.7 Å². The van der Waals surface area contributed by atoms with E-state index in [1.54, 1.807) is 0 Å². The van der Waals surface area contributed by atoms with Crippen LogP contribution in [0.3, 0.4) is 0 Å². The number of hydrogen-bond acceptors (Lipinski definition) is 0. The van der Waals surface area contributed by atoms with Crippen LogP contribution < -0.4 is 0 Å². The average molecular weight is 295 g/mol. The minimum Gasteiger partial charge on any atom is -0.117 e. The van der Waals surface area contributed by atoms with E-state index in [0.717, 1.165) is 6.42 Å². The lowest BCUT2D eigenvalue weighted by molar-refractivity contribution is 0.918. The third-order valence-electron chi connectivity index (χ3n) is 4.17. The maximum Gasteiger partial charge on any atom is 0.0631 e. The molecule has 0 saturated heterocycles. The Kier molecular flexibility index (Phi) is 3.98. The zero-order chi connectivity index (χ0) is 14.8. The highest BCUT2D eigenvalue weighted by atomic mass is 35.5. The first-order valence-corrected chi connectivity index (χ1v) is 7.77. The van der Waals surface area contributed by atoms with Crippen molar-refractivity contribution in [2.45, 2.75) is 25.6 Å². The fraction of sp³-hybridized carbons (Fsp3) is 0.200. The molecule has 21 heavy (non-hydrogen) atoms. The van der Waals surface area contributed by atoms with Gasteiger partial charge in [0.25, 0.3) is 0 Å². The molecule has 0 nitrogen and oxygen atoms in total. The third kappa shape index (κ3) is 2.82. The molecule has 0 aromatic heterocycles. The van der Waals surface area contributed by atoms with E-state index in [1.165, 1.54) is 33.0 Å². The summed E-state index contributed by atoms with van der Waals surface area (Å²) in [5.41, 5.74) is 5.15. The van der Waals surface area contributed by atoms with Crippen LogP contribution in [0.1, 0.15) is 27.6 Å². The molecule has 3 aromatic carbocycles. The lowest BCUT2D eigenvalue weighted by Gasteiger charge is -2.15. The molecular weight excluding hydrogens is 276 g/mol. The Balaban J connectivity index is 2.01. The Morgan fingerprint density at radius 2 is 1.43 bits per heavy atom. The van der Waals surface area contributed by atoms with Crippen molar-refractivity contribution >= 4 is 22.4 Å². The second kappa shape index (κ2) is 5.91. The van der Waals surface area contributed by atoms with Gasteiger partial charge in [0, 0.05) is 0 Å². The number of benzene rings is 3. The van der Waals surface area contributed by atoms with Gasteiger partial charge < -0.3 is 0 Å². The van der Waals surface area contributed by atoms with Crippen molar-refractivity contribution in [3.63, 3.8) is 0 Å². The molecule has 0 N–H and O–H groups in total. The predicted octanol–water partition coefficient (Wildman–Crippen LogP) is 5.98. The lowest BCUT2D eigenvalue weighted by atomic mass is 9.94. The van der Waals surface area contributed by atoms with Crippen molar-refractivity contribution in [3.8, 4) is 0 Å². The summed E-state index contributed by atoms with van der Waals surface area (Å²) in [5, 5.41) is 2.56. The van der Waals surface area contributed by atoms with Crippen molar-refractivity contribution in [2.75, 3.05) is 0 Å². The maximum atomic E-state index is 6.74. The molecule has 0 saturated carbocycles. The molecule has 3 aromatic rings. The van der Waals surface area contributed by atoms with Gasteiger partial charge in [0.05, 0.1) is 5.38 Å². The van der Waals surface area contributed by atoms with Crippen LogP contribution in [0.15, 0.2) is 60.7 Å². The molecule has 106 valence electrons. The van der Waals surface area contributed by atoms with Crippen LogP contribution in [-0.2, 0) is 6.42 Å². The maximum absolute atomic E-state index is 6.74. The predicted molar refractivity (Wildman–Crippen MR) is 92.2 cm³/mol. The molecule has 1 heteroatoms. The normalized spacial score (nSPS) is 12.5. The number of halogens is 1. The van der Waals surface area contributed by atoms with Crippen molar-refractivity contribution in [1.29, 1.82) is 0 Å². The zero-order valence-electron chi connectivity index (χ0n) is 12.4. The lowest BCUT2D eigenvalue weighted by Crippen LogP contribution is -1.99. The Bertz CT molecular complexity index is 774. The van der Waals surface area contributed by atoms with Crippen LogP contribution in [0.25, 0.3) is 10.8 Å². The van der Waals surface area contributed by atoms with E-state index in [0.29, 0.717) is 0 Å². The number of alkyl halides is 1. The molecule has 3 rings (SSSR count). The monoisotopic (exact) mass is 294 g/mol. The topological polar surface area (TPSA) is 0 Å². The van der Waals surface area contributed by atoms with Gasteiger partial charge in [-0.05, 0) is 53.3 Å². The Morgan fingerprint density at radius 1 is 0.762 bits per heavy atom. The molecule has 0 amide bonds. The molecule has 0 fully saturated rings. The Hall–Kier alpha value is -1.79. The van der Waals surface area contributed by atoms with Crippen molar-refractivity contribution in [1.82, 2.24) is 0 Å². The first kappa shape index (κ1) is 14.2. The Labute approximate surface area is 131 Å². The van der Waals surface area contributed by atoms with Gasteiger partial charge in [-0.15, -0.1) is 11.6 Å². The first-order chi connectivity index (χ1) is 10.2. The number of aryl methyl sites for hydroxylation is 2. The highest BCUT2D eigenvalue weighted by Crippen LogP contribution is 2.33. The van der Waals surface area contributed by atoms with E-state index in [-0.39, 0.29) is 5.38 Å². The fourth-order valence-corrected chi connectivity index (χ4v) is 3.24. The summed E-state index contributed by atoms with van der Waals surface area (Å²) >= 11 is 6.74. The van der Waals surface area contributed by atoms with Gasteiger partial charge in [-0.3, -0.25) is 0 Å². The molecule has 1 atom stereocenters. The number of hydrogen-bond donors (Lipinski definition) is 0. The van der Waals surface area contributed by atoms with Crippen molar-refractivity contribution in [2.24, 2.45) is 0 Å². The van der Waals surface area contributed by atoms with Crippen LogP contribution >= 0.6 is 11.6 Å². The third-order valence-corrected chi connectivity index (χ3v) is 4.56. The fourth-order valence-electron chi connectivity index (χ4n) is 2.89. The summed E-state index contributed by atoms with van der Waals surface area (Å²) in [6.07, 6.45) is 0.862. The highest BCUT2D eigenvalue weighted by Gasteiger charge is 2.14. The summed E-state index contributed by atoms with van der Waals surface area (Å²) in [5.74, 6) is 0.